The number of rotatable bonds is 1. The molecule has 0 fully saturated rings. The summed E-state index contributed by atoms with van der Waals surface area (Å²) in [5, 5.41) is 9.12. The molecule has 0 aliphatic heterocycles. The van der Waals surface area contributed by atoms with Gasteiger partial charge in [-0.3, -0.25) is 0 Å². The van der Waals surface area contributed by atoms with E-state index < -0.39 is 0 Å². The van der Waals surface area contributed by atoms with Gasteiger partial charge in [0.2, 0.25) is 0 Å². The number of nitriles is 1. The van der Waals surface area contributed by atoms with Crippen molar-refractivity contribution in [3.05, 3.63) is 59.4 Å². The molecule has 0 aromatic rings. The lowest BCUT2D eigenvalue weighted by Gasteiger charge is -2.21. The molecule has 80 valence electrons. The molecule has 0 radical (unpaired) electrons. The molecule has 2 nitrogen and oxygen atoms in total. The maximum atomic E-state index is 9.12. The molecule has 1 unspecified atom stereocenters. The minimum Gasteiger partial charge on any atom is -0.496 e. The molecule has 2 aliphatic rings. The van der Waals surface area contributed by atoms with Crippen LogP contribution in [0.15, 0.2) is 59.4 Å². The molecule has 2 rings (SSSR count). The minimum atomic E-state index is -0.0682. The van der Waals surface area contributed by atoms with Crippen LogP contribution in [0.5, 0.6) is 0 Å². The summed E-state index contributed by atoms with van der Waals surface area (Å²) in [5.41, 5.74) is 2.06. The highest BCUT2D eigenvalue weighted by Crippen LogP contribution is 2.32. The van der Waals surface area contributed by atoms with E-state index in [4.69, 9.17) is 10.00 Å². The third-order valence-corrected chi connectivity index (χ3v) is 2.74. The molecule has 0 amide bonds. The Morgan fingerprint density at radius 1 is 1.25 bits per heavy atom. The topological polar surface area (TPSA) is 33.0 Å². The highest BCUT2D eigenvalue weighted by atomic mass is 16.5. The Morgan fingerprint density at radius 3 is 2.69 bits per heavy atom. The average molecular weight is 211 g/mol. The quantitative estimate of drug-likeness (QED) is 0.667. The van der Waals surface area contributed by atoms with Crippen molar-refractivity contribution >= 4 is 0 Å². The van der Waals surface area contributed by atoms with Gasteiger partial charge in [-0.2, -0.15) is 5.26 Å². The summed E-state index contributed by atoms with van der Waals surface area (Å²) in [6.45, 7) is 0. The molecular formula is C14H13NO. The molecule has 1 atom stereocenters. The summed E-state index contributed by atoms with van der Waals surface area (Å²) in [6, 6.07) is 2.33. The monoisotopic (exact) mass is 211 g/mol. The van der Waals surface area contributed by atoms with Gasteiger partial charge in [-0.15, -0.1) is 0 Å². The highest BCUT2D eigenvalue weighted by molar-refractivity contribution is 5.51. The summed E-state index contributed by atoms with van der Waals surface area (Å²) in [5.74, 6) is 0.791. The Bertz CT molecular complexity index is 469. The van der Waals surface area contributed by atoms with Gasteiger partial charge < -0.3 is 4.74 Å². The molecule has 2 aliphatic carbocycles. The van der Waals surface area contributed by atoms with E-state index in [9.17, 15) is 0 Å². The zero-order chi connectivity index (χ0) is 11.4. The lowest BCUT2D eigenvalue weighted by atomic mass is 9.86. The van der Waals surface area contributed by atoms with Gasteiger partial charge in [-0.1, -0.05) is 36.5 Å². The molecule has 0 heterocycles. The number of nitrogens with zero attached hydrogens (tertiary/aromatic N) is 1. The van der Waals surface area contributed by atoms with E-state index in [2.05, 4.69) is 6.07 Å². The Hall–Kier alpha value is -2.01. The minimum absolute atomic E-state index is 0.0682. The maximum Gasteiger partial charge on any atom is 0.122 e. The van der Waals surface area contributed by atoms with E-state index >= 15 is 0 Å². The van der Waals surface area contributed by atoms with Crippen LogP contribution in [0.1, 0.15) is 6.42 Å². The van der Waals surface area contributed by atoms with Crippen LogP contribution in [0.4, 0.5) is 0 Å². The lowest BCUT2D eigenvalue weighted by molar-refractivity contribution is 0.297. The van der Waals surface area contributed by atoms with E-state index in [0.717, 1.165) is 23.3 Å². The Morgan fingerprint density at radius 2 is 2.00 bits per heavy atom. The second-order valence-corrected chi connectivity index (χ2v) is 3.66. The van der Waals surface area contributed by atoms with Crippen LogP contribution in [0, 0.1) is 17.2 Å². The van der Waals surface area contributed by atoms with Gasteiger partial charge in [-0.05, 0) is 18.1 Å². The fourth-order valence-electron chi connectivity index (χ4n) is 1.93. The number of hydrogen-bond acceptors (Lipinski definition) is 2. The number of hydrogen-bond donors (Lipinski definition) is 0. The molecule has 0 aromatic carbocycles. The molecule has 0 saturated heterocycles. The molecular weight excluding hydrogens is 198 g/mol. The van der Waals surface area contributed by atoms with E-state index in [1.54, 1.807) is 7.11 Å². The zero-order valence-corrected chi connectivity index (χ0v) is 9.18. The third kappa shape index (κ3) is 1.85. The molecule has 16 heavy (non-hydrogen) atoms. The second-order valence-electron chi connectivity index (χ2n) is 3.66. The van der Waals surface area contributed by atoms with Crippen LogP contribution < -0.4 is 0 Å². The van der Waals surface area contributed by atoms with Crippen molar-refractivity contribution in [1.82, 2.24) is 0 Å². The summed E-state index contributed by atoms with van der Waals surface area (Å²) >= 11 is 0. The fraction of sp³-hybridized carbons (Fsp3) is 0.214. The van der Waals surface area contributed by atoms with Gasteiger partial charge >= 0.3 is 0 Å². The molecule has 0 N–H and O–H groups in total. The smallest absolute Gasteiger partial charge is 0.122 e. The van der Waals surface area contributed by atoms with Crippen LogP contribution in [0.3, 0.4) is 0 Å². The molecule has 2 heteroatoms. The van der Waals surface area contributed by atoms with Gasteiger partial charge in [0.15, 0.2) is 0 Å². The number of methoxy groups -OCH3 is 1. The Balaban J connectivity index is 2.50. The van der Waals surface area contributed by atoms with Crippen molar-refractivity contribution in [2.24, 2.45) is 5.92 Å². The van der Waals surface area contributed by atoms with Crippen LogP contribution in [0.2, 0.25) is 0 Å². The summed E-state index contributed by atoms with van der Waals surface area (Å²) in [4.78, 5) is 0. The lowest BCUT2D eigenvalue weighted by Crippen LogP contribution is -2.10. The molecule has 0 bridgehead atoms. The number of allylic oxidation sites excluding steroid dienone is 8. The normalized spacial score (nSPS) is 29.0. The van der Waals surface area contributed by atoms with Crippen molar-refractivity contribution in [2.75, 3.05) is 7.11 Å². The van der Waals surface area contributed by atoms with Gasteiger partial charge in [0.25, 0.3) is 0 Å². The van der Waals surface area contributed by atoms with Crippen molar-refractivity contribution in [2.45, 2.75) is 6.42 Å². The van der Waals surface area contributed by atoms with Crippen molar-refractivity contribution in [1.29, 1.82) is 5.26 Å². The predicted octanol–water partition coefficient (Wildman–Crippen LogP) is 3.04. The van der Waals surface area contributed by atoms with Crippen LogP contribution in [-0.4, -0.2) is 7.11 Å². The summed E-state index contributed by atoms with van der Waals surface area (Å²) in [7, 11) is 1.66. The van der Waals surface area contributed by atoms with E-state index in [0.29, 0.717) is 0 Å². The Kier molecular flexibility index (Phi) is 3.07. The predicted molar refractivity (Wildman–Crippen MR) is 63.3 cm³/mol. The van der Waals surface area contributed by atoms with E-state index in [1.165, 1.54) is 0 Å². The summed E-state index contributed by atoms with van der Waals surface area (Å²) < 4.78 is 5.33. The Labute approximate surface area is 95.5 Å². The molecule has 0 saturated carbocycles. The SMILES string of the molecule is COC1=CCC(C#N)C2=C1\C=C/C=C\C=C/2. The highest BCUT2D eigenvalue weighted by Gasteiger charge is 2.21. The average Bonchev–Trinajstić information content (AvgIpc) is 2.28. The largest absolute Gasteiger partial charge is 0.496 e. The molecule has 0 aromatic heterocycles. The fourth-order valence-corrected chi connectivity index (χ4v) is 1.93. The first kappa shape index (κ1) is 10.5. The van der Waals surface area contributed by atoms with Crippen LogP contribution in [-0.2, 0) is 4.74 Å². The standard InChI is InChI=1S/C14H13NO/c1-16-14-9-8-11(10-15)12-6-4-2-3-5-7-13(12)14/h2-7,9,11H,8H2,1H3/b3-2-,4-2?,5-3?,6-4-,7-5-,12-6?,13-7?. The van der Waals surface area contributed by atoms with Gasteiger partial charge in [0.1, 0.15) is 5.76 Å². The van der Waals surface area contributed by atoms with Crippen LogP contribution in [0.25, 0.3) is 0 Å². The molecule has 0 spiro atoms. The van der Waals surface area contributed by atoms with Gasteiger partial charge in [0.05, 0.1) is 19.1 Å². The van der Waals surface area contributed by atoms with Crippen molar-refractivity contribution in [3.8, 4) is 6.07 Å². The van der Waals surface area contributed by atoms with Gasteiger partial charge in [0, 0.05) is 5.57 Å². The first-order valence-electron chi connectivity index (χ1n) is 5.26. The van der Waals surface area contributed by atoms with E-state index in [1.807, 2.05) is 42.5 Å². The maximum absolute atomic E-state index is 9.12. The number of ether oxygens (including phenoxy) is 1. The van der Waals surface area contributed by atoms with Crippen molar-refractivity contribution in [3.63, 3.8) is 0 Å². The van der Waals surface area contributed by atoms with Crippen LogP contribution >= 0.6 is 0 Å². The second kappa shape index (κ2) is 4.67. The zero-order valence-electron chi connectivity index (χ0n) is 9.18. The van der Waals surface area contributed by atoms with Gasteiger partial charge in [-0.25, -0.2) is 0 Å². The first-order chi connectivity index (χ1) is 7.86. The van der Waals surface area contributed by atoms with E-state index in [-0.39, 0.29) is 5.92 Å². The third-order valence-electron chi connectivity index (χ3n) is 2.74. The summed E-state index contributed by atoms with van der Waals surface area (Å²) in [6.07, 6.45) is 14.5. The van der Waals surface area contributed by atoms with Crippen molar-refractivity contribution < 1.29 is 4.74 Å². The first-order valence-corrected chi connectivity index (χ1v) is 5.26.